The fourth-order valence-electron chi connectivity index (χ4n) is 3.04. The molecule has 0 saturated carbocycles. The van der Waals surface area contributed by atoms with Gasteiger partial charge in [-0.15, -0.1) is 11.3 Å². The summed E-state index contributed by atoms with van der Waals surface area (Å²) in [6.45, 7) is 5.68. The smallest absolute Gasteiger partial charge is 0.277 e. The summed E-state index contributed by atoms with van der Waals surface area (Å²) in [6.07, 6.45) is 0. The molecule has 0 saturated heterocycles. The number of nitrogens with one attached hydrogen (secondary N) is 2. The molecule has 2 amide bonds. The van der Waals surface area contributed by atoms with E-state index in [0.29, 0.717) is 26.7 Å². The third kappa shape index (κ3) is 4.16. The van der Waals surface area contributed by atoms with E-state index in [2.05, 4.69) is 20.7 Å². The highest BCUT2D eigenvalue weighted by Crippen LogP contribution is 2.28. The van der Waals surface area contributed by atoms with Crippen molar-refractivity contribution in [2.75, 3.05) is 7.05 Å². The molecule has 3 aromatic rings. The van der Waals surface area contributed by atoms with Gasteiger partial charge in [0, 0.05) is 26.2 Å². The number of thiazole rings is 1. The van der Waals surface area contributed by atoms with E-state index >= 15 is 0 Å². The monoisotopic (exact) mass is 425 g/mol. The second-order valence-electron chi connectivity index (χ2n) is 6.91. The molecule has 156 valence electrons. The largest absolute Gasteiger partial charge is 0.355 e. The predicted molar refractivity (Wildman–Crippen MR) is 116 cm³/mol. The van der Waals surface area contributed by atoms with Crippen molar-refractivity contribution in [1.82, 2.24) is 25.4 Å². The molecule has 3 rings (SSSR count). The second kappa shape index (κ2) is 8.58. The SMILES string of the molecule is CNC(=O)c1cccc(CNC(=O)c2sc(-c3c(C)c(C)nn(C)c3=O)nc2C)c1. The molecule has 0 aliphatic rings. The number of amides is 2. The van der Waals surface area contributed by atoms with Crippen molar-refractivity contribution in [2.24, 2.45) is 7.05 Å². The van der Waals surface area contributed by atoms with Crippen LogP contribution in [0, 0.1) is 20.8 Å². The Balaban J connectivity index is 1.84. The molecule has 0 spiro atoms. The van der Waals surface area contributed by atoms with Crippen molar-refractivity contribution in [3.05, 3.63) is 67.6 Å². The summed E-state index contributed by atoms with van der Waals surface area (Å²) in [5, 5.41) is 10.1. The lowest BCUT2D eigenvalue weighted by Crippen LogP contribution is -2.23. The molecule has 9 heteroatoms. The Hall–Kier alpha value is -3.33. The molecule has 0 bridgehead atoms. The first-order valence-corrected chi connectivity index (χ1v) is 10.2. The molecule has 0 fully saturated rings. The number of nitrogens with zero attached hydrogens (tertiary/aromatic N) is 3. The molecule has 2 aromatic heterocycles. The fourth-order valence-corrected chi connectivity index (χ4v) is 4.12. The molecule has 0 unspecified atom stereocenters. The lowest BCUT2D eigenvalue weighted by atomic mass is 10.1. The lowest BCUT2D eigenvalue weighted by Gasteiger charge is -2.07. The summed E-state index contributed by atoms with van der Waals surface area (Å²) in [5.41, 5.74) is 3.61. The van der Waals surface area contributed by atoms with Crippen LogP contribution in [0.25, 0.3) is 10.6 Å². The van der Waals surface area contributed by atoms with Gasteiger partial charge in [0.15, 0.2) is 0 Å². The summed E-state index contributed by atoms with van der Waals surface area (Å²) < 4.78 is 1.29. The second-order valence-corrected chi connectivity index (χ2v) is 7.91. The number of carbonyl (C=O) groups excluding carboxylic acids is 2. The molecular formula is C21H23N5O3S. The summed E-state index contributed by atoms with van der Waals surface area (Å²) in [7, 11) is 3.17. The molecule has 0 aliphatic heterocycles. The average molecular weight is 426 g/mol. The Kier molecular flexibility index (Phi) is 6.12. The van der Waals surface area contributed by atoms with Crippen LogP contribution < -0.4 is 16.2 Å². The first-order valence-electron chi connectivity index (χ1n) is 9.34. The minimum Gasteiger partial charge on any atom is -0.355 e. The van der Waals surface area contributed by atoms with Gasteiger partial charge in [-0.2, -0.15) is 5.10 Å². The van der Waals surface area contributed by atoms with Gasteiger partial charge in [-0.1, -0.05) is 12.1 Å². The van der Waals surface area contributed by atoms with Crippen molar-refractivity contribution < 1.29 is 9.59 Å². The number of benzene rings is 1. The van der Waals surface area contributed by atoms with Gasteiger partial charge in [0.2, 0.25) is 0 Å². The van der Waals surface area contributed by atoms with Gasteiger partial charge < -0.3 is 10.6 Å². The van der Waals surface area contributed by atoms with E-state index in [9.17, 15) is 14.4 Å². The van der Waals surface area contributed by atoms with E-state index < -0.39 is 0 Å². The number of aromatic nitrogens is 3. The van der Waals surface area contributed by atoms with Crippen LogP contribution in [0.1, 0.15) is 42.5 Å². The number of rotatable bonds is 5. The van der Waals surface area contributed by atoms with E-state index in [1.54, 1.807) is 39.2 Å². The molecule has 0 atom stereocenters. The van der Waals surface area contributed by atoms with Crippen molar-refractivity contribution in [1.29, 1.82) is 0 Å². The molecule has 0 aliphatic carbocycles. The van der Waals surface area contributed by atoms with E-state index in [-0.39, 0.29) is 23.9 Å². The quantitative estimate of drug-likeness (QED) is 0.651. The van der Waals surface area contributed by atoms with Gasteiger partial charge in [0.05, 0.1) is 17.0 Å². The lowest BCUT2D eigenvalue weighted by molar-refractivity contribution is 0.0951. The Morgan fingerprint density at radius 3 is 2.57 bits per heavy atom. The Morgan fingerprint density at radius 2 is 1.87 bits per heavy atom. The molecule has 2 heterocycles. The van der Waals surface area contributed by atoms with Crippen LogP contribution in [-0.4, -0.2) is 33.6 Å². The van der Waals surface area contributed by atoms with Crippen LogP contribution in [-0.2, 0) is 13.6 Å². The third-order valence-electron chi connectivity index (χ3n) is 4.81. The zero-order valence-corrected chi connectivity index (χ0v) is 18.3. The van der Waals surface area contributed by atoms with Crippen LogP contribution in [0.2, 0.25) is 0 Å². The topological polar surface area (TPSA) is 106 Å². The predicted octanol–water partition coefficient (Wildman–Crippen LogP) is 2.12. The maximum atomic E-state index is 12.7. The van der Waals surface area contributed by atoms with Gasteiger partial charge >= 0.3 is 0 Å². The standard InChI is InChI=1S/C21H23N5O3S/c1-11-12(2)25-26(5)21(29)16(11)20-24-13(3)17(30-20)19(28)23-10-14-7-6-8-15(9-14)18(27)22-4/h6-9H,10H2,1-5H3,(H,22,27)(H,23,28). The highest BCUT2D eigenvalue weighted by atomic mass is 32.1. The van der Waals surface area contributed by atoms with Crippen LogP contribution >= 0.6 is 11.3 Å². The molecule has 1 aromatic carbocycles. The van der Waals surface area contributed by atoms with Gasteiger partial charge in [-0.3, -0.25) is 14.4 Å². The molecule has 2 N–H and O–H groups in total. The minimum absolute atomic E-state index is 0.185. The van der Waals surface area contributed by atoms with Crippen LogP contribution in [0.3, 0.4) is 0 Å². The minimum atomic E-state index is -0.276. The van der Waals surface area contributed by atoms with Crippen LogP contribution in [0.5, 0.6) is 0 Å². The van der Waals surface area contributed by atoms with Gasteiger partial charge in [-0.05, 0) is 44.0 Å². The summed E-state index contributed by atoms with van der Waals surface area (Å²) in [5.74, 6) is -0.461. The maximum absolute atomic E-state index is 12.7. The van der Waals surface area contributed by atoms with E-state index in [1.165, 1.54) is 16.0 Å². The van der Waals surface area contributed by atoms with E-state index in [0.717, 1.165) is 16.8 Å². The molecule has 8 nitrogen and oxygen atoms in total. The Bertz CT molecular complexity index is 1200. The normalized spacial score (nSPS) is 10.7. The number of hydrogen-bond acceptors (Lipinski definition) is 6. The number of aryl methyl sites for hydroxylation is 3. The molecule has 0 radical (unpaired) electrons. The maximum Gasteiger partial charge on any atom is 0.277 e. The van der Waals surface area contributed by atoms with Gasteiger partial charge in [0.25, 0.3) is 17.4 Å². The first kappa shape index (κ1) is 21.4. The zero-order valence-electron chi connectivity index (χ0n) is 17.5. The summed E-state index contributed by atoms with van der Waals surface area (Å²) in [4.78, 5) is 42.0. The Labute approximate surface area is 178 Å². The number of carbonyl (C=O) groups is 2. The molecule has 30 heavy (non-hydrogen) atoms. The fraction of sp³-hybridized carbons (Fsp3) is 0.286. The van der Waals surface area contributed by atoms with Crippen LogP contribution in [0.4, 0.5) is 0 Å². The van der Waals surface area contributed by atoms with Crippen molar-refractivity contribution in [3.8, 4) is 10.6 Å². The first-order chi connectivity index (χ1) is 14.2. The Morgan fingerprint density at radius 1 is 1.13 bits per heavy atom. The average Bonchev–Trinajstić information content (AvgIpc) is 3.11. The summed E-state index contributed by atoms with van der Waals surface area (Å²) >= 11 is 1.18. The van der Waals surface area contributed by atoms with Crippen molar-refractivity contribution in [2.45, 2.75) is 27.3 Å². The van der Waals surface area contributed by atoms with Crippen molar-refractivity contribution >= 4 is 23.2 Å². The summed E-state index contributed by atoms with van der Waals surface area (Å²) in [6, 6.07) is 7.05. The van der Waals surface area contributed by atoms with Gasteiger partial charge in [0.1, 0.15) is 9.88 Å². The molecular weight excluding hydrogens is 402 g/mol. The third-order valence-corrected chi connectivity index (χ3v) is 5.99. The highest BCUT2D eigenvalue weighted by molar-refractivity contribution is 7.17. The van der Waals surface area contributed by atoms with Gasteiger partial charge in [-0.25, -0.2) is 9.67 Å². The van der Waals surface area contributed by atoms with E-state index in [4.69, 9.17) is 0 Å². The van der Waals surface area contributed by atoms with Crippen LogP contribution in [0.15, 0.2) is 29.1 Å². The highest BCUT2D eigenvalue weighted by Gasteiger charge is 2.21. The van der Waals surface area contributed by atoms with E-state index in [1.807, 2.05) is 19.9 Å². The number of hydrogen-bond donors (Lipinski definition) is 2. The van der Waals surface area contributed by atoms with Crippen molar-refractivity contribution in [3.63, 3.8) is 0 Å². The zero-order chi connectivity index (χ0) is 22.0.